The van der Waals surface area contributed by atoms with Crippen LogP contribution in [0.1, 0.15) is 0 Å². The first-order chi connectivity index (χ1) is 58.5. The fourth-order valence-electron chi connectivity index (χ4n) is 17.2. The van der Waals surface area contributed by atoms with Crippen molar-refractivity contribution in [1.82, 2.24) is 48.2 Å². The number of para-hydroxylation sites is 6. The summed E-state index contributed by atoms with van der Waals surface area (Å²) in [7, 11) is 0. The van der Waals surface area contributed by atoms with Crippen LogP contribution in [0, 0.1) is 0 Å². The molecule has 17 aromatic carbocycles. The highest BCUT2D eigenvalue weighted by Crippen LogP contribution is 2.43. The molecule has 0 atom stereocenters. The molecule has 0 amide bonds. The highest BCUT2D eigenvalue weighted by Gasteiger charge is 2.22. The van der Waals surface area contributed by atoms with Crippen LogP contribution in [0.15, 0.2) is 425 Å². The summed E-state index contributed by atoms with van der Waals surface area (Å²) in [5.74, 6) is 3.85. The third kappa shape index (κ3) is 12.3. The zero-order valence-electron chi connectivity index (χ0n) is 63.9. The number of fused-ring (bicyclic) bond motifs is 12. The van der Waals surface area contributed by atoms with Gasteiger partial charge in [0, 0.05) is 99.2 Å². The Morgan fingerprint density at radius 1 is 0.119 bits per heavy atom. The Morgan fingerprint density at radius 3 is 0.627 bits per heavy atom. The normalized spacial score (nSPS) is 11.6. The minimum absolute atomic E-state index is 0.631. The van der Waals surface area contributed by atoms with Crippen LogP contribution < -0.4 is 0 Å². The Hall–Kier alpha value is -16.0. The van der Waals surface area contributed by atoms with Crippen molar-refractivity contribution in [3.05, 3.63) is 425 Å². The van der Waals surface area contributed by atoms with Gasteiger partial charge in [0.05, 0.1) is 44.1 Å². The largest absolute Gasteiger partial charge is 0.309 e. The number of hydrogen-bond acceptors (Lipinski definition) is 6. The number of benzene rings is 17. The summed E-state index contributed by atoms with van der Waals surface area (Å²) in [6.45, 7) is 0. The van der Waals surface area contributed by atoms with E-state index in [-0.39, 0.29) is 0 Å². The predicted molar refractivity (Wildman–Crippen MR) is 486 cm³/mol. The van der Waals surface area contributed by atoms with E-state index in [1.54, 1.807) is 0 Å². The first-order valence-electron chi connectivity index (χ1n) is 39.8. The van der Waals surface area contributed by atoms with E-state index >= 15 is 0 Å². The van der Waals surface area contributed by atoms with Gasteiger partial charge < -0.3 is 18.3 Å². The standard InChI is InChI=1S/C57H37N5.C51H33N5/c1-4-16-38(17-5-1)55-58-56(39-18-6-2-7-19-39)60-57(59-55)44-22-14-20-40(34-44)41-21-15-25-46(35-41)62-52-29-13-11-27-48(52)50-37-43(31-33-54(50)62)42-30-32-53-49(36-42)47-26-10-12-28-51(47)61(53)45-23-8-3-9-24-45;1-4-15-34(16-5-1)49-52-50(35-17-6-2-7-18-35)54-51(53-49)38-19-14-22-40(31-38)56-46-26-13-11-24-42(46)44-33-37(28-30-48(44)56)36-27-29-47-43(32-36)41-23-10-12-25-45(41)55(47)39-20-8-3-9-21-39/h1-37H;1-33H. The molecule has 6 aromatic heterocycles. The van der Waals surface area contributed by atoms with E-state index in [2.05, 4.69) is 322 Å². The molecule has 0 bridgehead atoms. The van der Waals surface area contributed by atoms with E-state index in [1.807, 2.05) is 121 Å². The Bertz CT molecular complexity index is 7670. The second kappa shape index (κ2) is 29.2. The molecule has 0 aliphatic rings. The molecule has 0 N–H and O–H groups in total. The van der Waals surface area contributed by atoms with Crippen LogP contribution in [0.25, 0.3) is 212 Å². The molecule has 0 saturated heterocycles. The molecule has 0 unspecified atom stereocenters. The predicted octanol–water partition coefficient (Wildman–Crippen LogP) is 27.1. The first kappa shape index (κ1) is 68.7. The van der Waals surface area contributed by atoms with Gasteiger partial charge in [0.2, 0.25) is 0 Å². The van der Waals surface area contributed by atoms with E-state index in [0.29, 0.717) is 34.9 Å². The average molecular weight is 1510 g/mol. The van der Waals surface area contributed by atoms with Gasteiger partial charge in [-0.1, -0.05) is 297 Å². The van der Waals surface area contributed by atoms with Crippen LogP contribution >= 0.6 is 0 Å². The molecule has 23 rings (SSSR count). The number of hydrogen-bond donors (Lipinski definition) is 0. The van der Waals surface area contributed by atoms with Gasteiger partial charge in [-0.3, -0.25) is 0 Å². The van der Waals surface area contributed by atoms with E-state index in [9.17, 15) is 0 Å². The van der Waals surface area contributed by atoms with Gasteiger partial charge in [-0.05, 0) is 161 Å². The van der Waals surface area contributed by atoms with Gasteiger partial charge in [-0.15, -0.1) is 0 Å². The van der Waals surface area contributed by atoms with Crippen molar-refractivity contribution in [1.29, 1.82) is 0 Å². The van der Waals surface area contributed by atoms with E-state index in [0.717, 1.165) is 83.8 Å². The van der Waals surface area contributed by atoms with E-state index < -0.39 is 0 Å². The fourth-order valence-corrected chi connectivity index (χ4v) is 17.2. The third-order valence-corrected chi connectivity index (χ3v) is 22.7. The molecule has 10 nitrogen and oxygen atoms in total. The van der Waals surface area contributed by atoms with Crippen molar-refractivity contribution in [2.75, 3.05) is 0 Å². The SMILES string of the molecule is c1ccc(-c2nc(-c3ccccc3)nc(-c3cccc(-c4cccc(-n5c6ccccc6c6cc(-c7ccc8c(c7)c7ccccc7n8-c7ccccc7)ccc65)c4)c3)n2)cc1.c1ccc(-c2nc(-c3ccccc3)nc(-c3cccc(-n4c5ccccc5c5cc(-c6ccc7c(c6)c6ccccc6n7-c6ccccc6)ccc54)c3)n2)cc1. The second-order valence-corrected chi connectivity index (χ2v) is 29.8. The average Bonchev–Trinajstić information content (AvgIpc) is 1.59. The molecule has 0 radical (unpaired) electrons. The zero-order chi connectivity index (χ0) is 78.0. The Balaban J connectivity index is 0.000000143. The summed E-state index contributed by atoms with van der Waals surface area (Å²) in [6, 6.07) is 150. The fraction of sp³-hybridized carbons (Fsp3) is 0. The molecular weight excluding hydrogens is 1440 g/mol. The van der Waals surface area contributed by atoms with Crippen LogP contribution in [0.5, 0.6) is 0 Å². The lowest BCUT2D eigenvalue weighted by atomic mass is 10.0. The molecule has 552 valence electrons. The van der Waals surface area contributed by atoms with E-state index in [4.69, 9.17) is 29.9 Å². The smallest absolute Gasteiger partial charge is 0.164 e. The summed E-state index contributed by atoms with van der Waals surface area (Å²) in [6.07, 6.45) is 0. The van der Waals surface area contributed by atoms with Crippen molar-refractivity contribution < 1.29 is 0 Å². The van der Waals surface area contributed by atoms with Crippen molar-refractivity contribution in [3.8, 4) is 124 Å². The van der Waals surface area contributed by atoms with Gasteiger partial charge in [0.25, 0.3) is 0 Å². The van der Waals surface area contributed by atoms with Crippen molar-refractivity contribution in [2.24, 2.45) is 0 Å². The Labute approximate surface area is 680 Å². The maximum Gasteiger partial charge on any atom is 0.164 e. The van der Waals surface area contributed by atoms with Crippen LogP contribution in [-0.2, 0) is 0 Å². The van der Waals surface area contributed by atoms with Crippen LogP contribution in [0.3, 0.4) is 0 Å². The first-order valence-corrected chi connectivity index (χ1v) is 39.8. The molecule has 0 saturated carbocycles. The van der Waals surface area contributed by atoms with Crippen LogP contribution in [0.4, 0.5) is 0 Å². The molecular formula is C108H70N10. The van der Waals surface area contributed by atoms with Crippen molar-refractivity contribution in [3.63, 3.8) is 0 Å². The number of rotatable bonds is 13. The minimum atomic E-state index is 0.631. The highest BCUT2D eigenvalue weighted by atomic mass is 15.1. The number of nitrogens with zero attached hydrogens (tertiary/aromatic N) is 10. The Kier molecular flexibility index (Phi) is 17.0. The molecule has 10 heteroatoms. The third-order valence-electron chi connectivity index (χ3n) is 22.7. The second-order valence-electron chi connectivity index (χ2n) is 29.8. The van der Waals surface area contributed by atoms with Crippen molar-refractivity contribution >= 4 is 87.2 Å². The molecule has 6 heterocycles. The topological polar surface area (TPSA) is 97.1 Å². The summed E-state index contributed by atoms with van der Waals surface area (Å²) in [5.41, 5.74) is 26.5. The van der Waals surface area contributed by atoms with Gasteiger partial charge >= 0.3 is 0 Å². The zero-order valence-corrected chi connectivity index (χ0v) is 63.9. The molecule has 0 spiro atoms. The van der Waals surface area contributed by atoms with E-state index in [1.165, 1.54) is 92.9 Å². The number of aromatic nitrogens is 10. The maximum absolute atomic E-state index is 5.02. The summed E-state index contributed by atoms with van der Waals surface area (Å²) in [5, 5.41) is 9.82. The minimum Gasteiger partial charge on any atom is -0.309 e. The van der Waals surface area contributed by atoms with Crippen LogP contribution in [0.2, 0.25) is 0 Å². The lowest BCUT2D eigenvalue weighted by Crippen LogP contribution is -2.01. The van der Waals surface area contributed by atoms with Gasteiger partial charge in [0.1, 0.15) is 0 Å². The lowest BCUT2D eigenvalue weighted by molar-refractivity contribution is 1.07. The highest BCUT2D eigenvalue weighted by molar-refractivity contribution is 6.15. The van der Waals surface area contributed by atoms with Crippen molar-refractivity contribution in [2.45, 2.75) is 0 Å². The molecule has 23 aromatic rings. The molecule has 0 aliphatic heterocycles. The monoisotopic (exact) mass is 1510 g/mol. The summed E-state index contributed by atoms with van der Waals surface area (Å²) in [4.78, 5) is 29.8. The maximum atomic E-state index is 5.02. The summed E-state index contributed by atoms with van der Waals surface area (Å²) >= 11 is 0. The van der Waals surface area contributed by atoms with Gasteiger partial charge in [-0.25, -0.2) is 29.9 Å². The van der Waals surface area contributed by atoms with Crippen LogP contribution in [-0.4, -0.2) is 48.2 Å². The quantitative estimate of drug-likeness (QED) is 0.114. The Morgan fingerprint density at radius 2 is 0.314 bits per heavy atom. The lowest BCUT2D eigenvalue weighted by Gasteiger charge is -2.12. The van der Waals surface area contributed by atoms with Gasteiger partial charge in [0.15, 0.2) is 34.9 Å². The molecule has 118 heavy (non-hydrogen) atoms. The molecule has 0 fully saturated rings. The van der Waals surface area contributed by atoms with Gasteiger partial charge in [-0.2, -0.15) is 0 Å². The molecule has 0 aliphatic carbocycles. The summed E-state index contributed by atoms with van der Waals surface area (Å²) < 4.78 is 9.47.